The van der Waals surface area contributed by atoms with Crippen LogP contribution in [0.25, 0.3) is 0 Å². The van der Waals surface area contributed by atoms with Crippen molar-refractivity contribution < 1.29 is 9.59 Å². The van der Waals surface area contributed by atoms with Crippen molar-refractivity contribution >= 4 is 33.6 Å². The van der Waals surface area contributed by atoms with E-state index in [1.54, 1.807) is 6.92 Å². The topological polar surface area (TPSA) is 70.2 Å². The van der Waals surface area contributed by atoms with E-state index in [1.165, 1.54) is 0 Å². The third-order valence-electron chi connectivity index (χ3n) is 3.99. The Labute approximate surface area is 154 Å². The smallest absolute Gasteiger partial charge is 0.319 e. The van der Waals surface area contributed by atoms with Crippen LogP contribution in [0.3, 0.4) is 0 Å². The van der Waals surface area contributed by atoms with Gasteiger partial charge in [-0.3, -0.25) is 4.79 Å². The van der Waals surface area contributed by atoms with Crippen LogP contribution >= 0.6 is 15.9 Å². The number of allylic oxidation sites excluding steroid dienone is 1. The molecule has 0 radical (unpaired) electrons. The summed E-state index contributed by atoms with van der Waals surface area (Å²) in [5.41, 5.74) is 3.66. The van der Waals surface area contributed by atoms with Gasteiger partial charge in [-0.05, 0) is 43.7 Å². The molecule has 25 heavy (non-hydrogen) atoms. The summed E-state index contributed by atoms with van der Waals surface area (Å²) < 4.78 is 0.935. The Balaban J connectivity index is 1.94. The highest BCUT2D eigenvalue weighted by atomic mass is 79.9. The first-order valence-corrected chi connectivity index (χ1v) is 8.65. The first-order valence-electron chi connectivity index (χ1n) is 7.86. The lowest BCUT2D eigenvalue weighted by Crippen LogP contribution is -2.46. The van der Waals surface area contributed by atoms with Crippen LogP contribution in [0.5, 0.6) is 0 Å². The fourth-order valence-electron chi connectivity index (χ4n) is 2.83. The summed E-state index contributed by atoms with van der Waals surface area (Å²) in [6.07, 6.45) is 0. The highest BCUT2D eigenvalue weighted by molar-refractivity contribution is 9.10. The van der Waals surface area contributed by atoms with E-state index in [1.807, 2.05) is 55.5 Å². The quantitative estimate of drug-likeness (QED) is 0.728. The summed E-state index contributed by atoms with van der Waals surface area (Å²) in [7, 11) is 0. The predicted molar refractivity (Wildman–Crippen MR) is 101 cm³/mol. The van der Waals surface area contributed by atoms with Crippen molar-refractivity contribution in [3.8, 4) is 0 Å². The first kappa shape index (κ1) is 17.2. The summed E-state index contributed by atoms with van der Waals surface area (Å²) in [6.45, 7) is 3.71. The van der Waals surface area contributed by atoms with Gasteiger partial charge in [-0.2, -0.15) is 0 Å². The third kappa shape index (κ3) is 3.91. The van der Waals surface area contributed by atoms with Crippen LogP contribution in [0, 0.1) is 6.92 Å². The Morgan fingerprint density at radius 3 is 2.52 bits per heavy atom. The zero-order valence-corrected chi connectivity index (χ0v) is 15.5. The number of anilines is 1. The number of hydrogen-bond acceptors (Lipinski definition) is 2. The van der Waals surface area contributed by atoms with Crippen LogP contribution in [0.1, 0.15) is 24.1 Å². The Morgan fingerprint density at radius 1 is 1.12 bits per heavy atom. The number of aryl methyl sites for hydroxylation is 1. The van der Waals surface area contributed by atoms with E-state index < -0.39 is 6.04 Å². The highest BCUT2D eigenvalue weighted by Crippen LogP contribution is 2.28. The molecule has 0 aliphatic carbocycles. The standard InChI is InChI=1S/C19H18BrN3O2/c1-11-4-3-5-13(10-11)17-16(12(2)21-19(25)23-17)18(24)22-15-8-6-14(20)7-9-15/h3-10,17H,1-2H3,(H,22,24)(H2,21,23,25). The number of urea groups is 1. The Kier molecular flexibility index (Phi) is 4.90. The van der Waals surface area contributed by atoms with Gasteiger partial charge < -0.3 is 16.0 Å². The van der Waals surface area contributed by atoms with Gasteiger partial charge in [0.05, 0.1) is 11.6 Å². The highest BCUT2D eigenvalue weighted by Gasteiger charge is 2.31. The molecule has 0 fully saturated rings. The number of carbonyl (C=O) groups is 2. The van der Waals surface area contributed by atoms with Crippen molar-refractivity contribution in [1.82, 2.24) is 10.6 Å². The van der Waals surface area contributed by atoms with Gasteiger partial charge in [0.25, 0.3) is 5.91 Å². The number of carbonyl (C=O) groups excluding carboxylic acids is 2. The lowest BCUT2D eigenvalue weighted by atomic mass is 9.94. The molecule has 0 spiro atoms. The number of rotatable bonds is 3. The Bertz CT molecular complexity index is 859. The minimum Gasteiger partial charge on any atom is -0.327 e. The van der Waals surface area contributed by atoms with Gasteiger partial charge >= 0.3 is 6.03 Å². The third-order valence-corrected chi connectivity index (χ3v) is 4.52. The molecule has 3 rings (SSSR count). The molecule has 2 aromatic rings. The van der Waals surface area contributed by atoms with Gasteiger partial charge in [-0.25, -0.2) is 4.79 Å². The normalized spacial score (nSPS) is 16.9. The number of benzene rings is 2. The monoisotopic (exact) mass is 399 g/mol. The lowest BCUT2D eigenvalue weighted by molar-refractivity contribution is -0.113. The largest absolute Gasteiger partial charge is 0.327 e. The fourth-order valence-corrected chi connectivity index (χ4v) is 3.09. The van der Waals surface area contributed by atoms with E-state index in [-0.39, 0.29) is 11.9 Å². The van der Waals surface area contributed by atoms with E-state index >= 15 is 0 Å². The number of hydrogen-bond donors (Lipinski definition) is 3. The van der Waals surface area contributed by atoms with E-state index in [2.05, 4.69) is 31.9 Å². The molecule has 1 unspecified atom stereocenters. The molecule has 3 amide bonds. The molecule has 1 aliphatic heterocycles. The average Bonchev–Trinajstić information content (AvgIpc) is 2.56. The first-order chi connectivity index (χ1) is 11.9. The number of nitrogens with one attached hydrogen (secondary N) is 3. The Morgan fingerprint density at radius 2 is 1.84 bits per heavy atom. The van der Waals surface area contributed by atoms with Crippen molar-refractivity contribution in [2.24, 2.45) is 0 Å². The zero-order chi connectivity index (χ0) is 18.0. The molecule has 0 bridgehead atoms. The van der Waals surface area contributed by atoms with Crippen LogP contribution in [0.4, 0.5) is 10.5 Å². The van der Waals surface area contributed by atoms with Crippen molar-refractivity contribution in [3.05, 3.63) is 75.4 Å². The van der Waals surface area contributed by atoms with Gasteiger partial charge in [0.2, 0.25) is 0 Å². The number of halogens is 1. The molecule has 2 aromatic carbocycles. The van der Waals surface area contributed by atoms with E-state index in [0.29, 0.717) is 17.0 Å². The maximum absolute atomic E-state index is 12.9. The summed E-state index contributed by atoms with van der Waals surface area (Å²) in [5.74, 6) is -0.251. The van der Waals surface area contributed by atoms with Crippen LogP contribution in [-0.4, -0.2) is 11.9 Å². The maximum atomic E-state index is 12.9. The molecule has 0 saturated carbocycles. The molecule has 0 aromatic heterocycles. The molecule has 0 saturated heterocycles. The van der Waals surface area contributed by atoms with Crippen LogP contribution in [-0.2, 0) is 4.79 Å². The van der Waals surface area contributed by atoms with E-state index in [9.17, 15) is 9.59 Å². The second kappa shape index (κ2) is 7.11. The van der Waals surface area contributed by atoms with Crippen molar-refractivity contribution in [1.29, 1.82) is 0 Å². The van der Waals surface area contributed by atoms with Crippen LogP contribution in [0.2, 0.25) is 0 Å². The van der Waals surface area contributed by atoms with Crippen molar-refractivity contribution in [3.63, 3.8) is 0 Å². The van der Waals surface area contributed by atoms with E-state index in [0.717, 1.165) is 15.6 Å². The van der Waals surface area contributed by atoms with Gasteiger partial charge in [0, 0.05) is 15.9 Å². The second-order valence-electron chi connectivity index (χ2n) is 5.95. The number of amides is 3. The van der Waals surface area contributed by atoms with Crippen LogP contribution in [0.15, 0.2) is 64.3 Å². The molecular weight excluding hydrogens is 382 g/mol. The maximum Gasteiger partial charge on any atom is 0.319 e. The van der Waals surface area contributed by atoms with Crippen molar-refractivity contribution in [2.45, 2.75) is 19.9 Å². The molecule has 128 valence electrons. The molecule has 1 heterocycles. The molecular formula is C19H18BrN3O2. The summed E-state index contributed by atoms with van der Waals surface area (Å²) in [5, 5.41) is 8.41. The predicted octanol–water partition coefficient (Wildman–Crippen LogP) is 4.02. The Hall–Kier alpha value is -2.60. The molecule has 5 nitrogen and oxygen atoms in total. The molecule has 3 N–H and O–H groups in total. The lowest BCUT2D eigenvalue weighted by Gasteiger charge is -2.29. The summed E-state index contributed by atoms with van der Waals surface area (Å²) >= 11 is 3.37. The molecule has 6 heteroatoms. The SMILES string of the molecule is CC1=C(C(=O)Nc2ccc(Br)cc2)C(c2cccc(C)c2)NC(=O)N1. The zero-order valence-electron chi connectivity index (χ0n) is 13.9. The molecule has 1 aliphatic rings. The van der Waals surface area contributed by atoms with Gasteiger partial charge in [0.15, 0.2) is 0 Å². The average molecular weight is 400 g/mol. The minimum atomic E-state index is -0.496. The second-order valence-corrected chi connectivity index (χ2v) is 6.86. The van der Waals surface area contributed by atoms with Gasteiger partial charge in [0.1, 0.15) is 0 Å². The fraction of sp³-hybridized carbons (Fsp3) is 0.158. The minimum absolute atomic E-state index is 0.251. The summed E-state index contributed by atoms with van der Waals surface area (Å²) in [6, 6.07) is 14.3. The van der Waals surface area contributed by atoms with E-state index in [4.69, 9.17) is 0 Å². The van der Waals surface area contributed by atoms with Crippen LogP contribution < -0.4 is 16.0 Å². The molecule has 1 atom stereocenters. The van der Waals surface area contributed by atoms with Gasteiger partial charge in [-0.15, -0.1) is 0 Å². The van der Waals surface area contributed by atoms with Crippen molar-refractivity contribution in [2.75, 3.05) is 5.32 Å². The summed E-state index contributed by atoms with van der Waals surface area (Å²) in [4.78, 5) is 24.8. The van der Waals surface area contributed by atoms with Gasteiger partial charge in [-0.1, -0.05) is 45.8 Å².